The van der Waals surface area contributed by atoms with E-state index in [-0.39, 0.29) is 17.6 Å². The number of anilines is 2. The summed E-state index contributed by atoms with van der Waals surface area (Å²) in [6.07, 6.45) is 1.21. The van der Waals surface area contributed by atoms with Crippen molar-refractivity contribution in [1.82, 2.24) is 15.4 Å². The SMILES string of the molecule is CONC(=O)c1cc(Oc2ccc(NC(=O)Nc3ccccc3)cc2)ncn1. The average Bonchev–Trinajstić information content (AvgIpc) is 2.70. The summed E-state index contributed by atoms with van der Waals surface area (Å²) in [5.41, 5.74) is 3.54. The Hall–Kier alpha value is -3.98. The van der Waals surface area contributed by atoms with E-state index >= 15 is 0 Å². The van der Waals surface area contributed by atoms with Gasteiger partial charge in [0.15, 0.2) is 0 Å². The summed E-state index contributed by atoms with van der Waals surface area (Å²) in [7, 11) is 1.33. The summed E-state index contributed by atoms with van der Waals surface area (Å²) in [5, 5.41) is 5.45. The third-order valence-electron chi connectivity index (χ3n) is 3.44. The van der Waals surface area contributed by atoms with Crippen LogP contribution in [0.25, 0.3) is 0 Å². The molecule has 0 atom stereocenters. The van der Waals surface area contributed by atoms with E-state index in [1.165, 1.54) is 19.5 Å². The highest BCUT2D eigenvalue weighted by Crippen LogP contribution is 2.21. The number of rotatable bonds is 6. The van der Waals surface area contributed by atoms with E-state index in [4.69, 9.17) is 4.74 Å². The number of hydrogen-bond acceptors (Lipinski definition) is 6. The first-order chi connectivity index (χ1) is 13.6. The number of nitrogens with one attached hydrogen (secondary N) is 3. The van der Waals surface area contributed by atoms with Crippen molar-refractivity contribution in [3.63, 3.8) is 0 Å². The molecule has 0 unspecified atom stereocenters. The first-order valence-electron chi connectivity index (χ1n) is 8.20. The minimum Gasteiger partial charge on any atom is -0.439 e. The molecular formula is C19H17N5O4. The van der Waals surface area contributed by atoms with Crippen LogP contribution in [0.1, 0.15) is 10.5 Å². The zero-order chi connectivity index (χ0) is 19.8. The molecule has 0 radical (unpaired) electrons. The number of ether oxygens (including phenoxy) is 1. The highest BCUT2D eigenvalue weighted by molar-refractivity contribution is 5.99. The quantitative estimate of drug-likeness (QED) is 0.567. The number of carbonyl (C=O) groups excluding carboxylic acids is 2. The van der Waals surface area contributed by atoms with Crippen LogP contribution in [0.15, 0.2) is 67.0 Å². The molecule has 0 bridgehead atoms. The number of hydrogen-bond donors (Lipinski definition) is 3. The van der Waals surface area contributed by atoms with Crippen LogP contribution >= 0.6 is 0 Å². The van der Waals surface area contributed by atoms with E-state index in [2.05, 4.69) is 30.9 Å². The predicted molar refractivity (Wildman–Crippen MR) is 102 cm³/mol. The molecule has 0 spiro atoms. The van der Waals surface area contributed by atoms with Gasteiger partial charge in [-0.3, -0.25) is 9.63 Å². The van der Waals surface area contributed by atoms with Crippen LogP contribution in [0.5, 0.6) is 11.6 Å². The lowest BCUT2D eigenvalue weighted by Crippen LogP contribution is -2.22. The van der Waals surface area contributed by atoms with Crippen molar-refractivity contribution in [3.8, 4) is 11.6 Å². The van der Waals surface area contributed by atoms with Gasteiger partial charge in [0, 0.05) is 17.4 Å². The van der Waals surface area contributed by atoms with Crippen LogP contribution in [-0.2, 0) is 4.84 Å². The molecule has 3 rings (SSSR count). The zero-order valence-electron chi connectivity index (χ0n) is 14.9. The van der Waals surface area contributed by atoms with Gasteiger partial charge in [-0.05, 0) is 36.4 Å². The lowest BCUT2D eigenvalue weighted by molar-refractivity contribution is 0.0532. The number of para-hydroxylation sites is 1. The van der Waals surface area contributed by atoms with E-state index in [1.807, 2.05) is 18.2 Å². The van der Waals surface area contributed by atoms with Crippen molar-refractivity contribution in [1.29, 1.82) is 0 Å². The molecule has 3 amide bonds. The molecule has 28 heavy (non-hydrogen) atoms. The molecular weight excluding hydrogens is 362 g/mol. The minimum atomic E-state index is -0.515. The van der Waals surface area contributed by atoms with Gasteiger partial charge in [-0.15, -0.1) is 0 Å². The van der Waals surface area contributed by atoms with Crippen molar-refractivity contribution < 1.29 is 19.2 Å². The summed E-state index contributed by atoms with van der Waals surface area (Å²) >= 11 is 0. The second-order valence-electron chi connectivity index (χ2n) is 5.45. The van der Waals surface area contributed by atoms with Crippen LogP contribution in [0.2, 0.25) is 0 Å². The Morgan fingerprint density at radius 2 is 1.57 bits per heavy atom. The van der Waals surface area contributed by atoms with Crippen LogP contribution in [0.4, 0.5) is 16.2 Å². The lowest BCUT2D eigenvalue weighted by atomic mass is 10.3. The number of hydroxylamine groups is 1. The van der Waals surface area contributed by atoms with Crippen molar-refractivity contribution >= 4 is 23.3 Å². The largest absolute Gasteiger partial charge is 0.439 e. The van der Waals surface area contributed by atoms with Crippen LogP contribution in [0, 0.1) is 0 Å². The maximum absolute atomic E-state index is 12.0. The topological polar surface area (TPSA) is 114 Å². The molecule has 9 heteroatoms. The van der Waals surface area contributed by atoms with Gasteiger partial charge in [-0.25, -0.2) is 20.2 Å². The summed E-state index contributed by atoms with van der Waals surface area (Å²) in [4.78, 5) is 36.1. The van der Waals surface area contributed by atoms with Crippen molar-refractivity contribution in [2.45, 2.75) is 0 Å². The number of benzene rings is 2. The highest BCUT2D eigenvalue weighted by Gasteiger charge is 2.09. The number of nitrogens with zero attached hydrogens (tertiary/aromatic N) is 2. The third-order valence-corrected chi connectivity index (χ3v) is 3.44. The Balaban J connectivity index is 1.59. The van der Waals surface area contributed by atoms with Crippen molar-refractivity contribution in [2.75, 3.05) is 17.7 Å². The maximum Gasteiger partial charge on any atom is 0.323 e. The molecule has 9 nitrogen and oxygen atoms in total. The van der Waals surface area contributed by atoms with Gasteiger partial charge < -0.3 is 15.4 Å². The molecule has 0 saturated carbocycles. The molecule has 0 aliphatic rings. The summed E-state index contributed by atoms with van der Waals surface area (Å²) in [6.45, 7) is 0. The second-order valence-corrected chi connectivity index (χ2v) is 5.45. The average molecular weight is 379 g/mol. The van der Waals surface area contributed by atoms with Crippen LogP contribution in [0.3, 0.4) is 0 Å². The van der Waals surface area contributed by atoms with E-state index in [0.29, 0.717) is 17.1 Å². The first kappa shape index (κ1) is 18.8. The van der Waals surface area contributed by atoms with Gasteiger partial charge in [0.25, 0.3) is 5.91 Å². The van der Waals surface area contributed by atoms with Crippen LogP contribution < -0.4 is 20.9 Å². The fraction of sp³-hybridized carbons (Fsp3) is 0.0526. The molecule has 0 fully saturated rings. The standard InChI is InChI=1S/C19H17N5O4/c1-27-24-18(25)16-11-17(21-12-20-16)28-15-9-7-14(8-10-15)23-19(26)22-13-5-3-2-4-6-13/h2-12H,1H3,(H,24,25)(H2,22,23,26). The first-order valence-corrected chi connectivity index (χ1v) is 8.20. The van der Waals surface area contributed by atoms with Gasteiger partial charge in [0.2, 0.25) is 5.88 Å². The molecule has 1 aromatic heterocycles. The molecule has 0 saturated heterocycles. The van der Waals surface area contributed by atoms with Gasteiger partial charge in [-0.2, -0.15) is 0 Å². The number of carbonyl (C=O) groups is 2. The summed E-state index contributed by atoms with van der Waals surface area (Å²) in [6, 6.07) is 16.8. The summed E-state index contributed by atoms with van der Waals surface area (Å²) < 4.78 is 5.60. The number of amides is 3. The Bertz CT molecular complexity index is 948. The van der Waals surface area contributed by atoms with E-state index < -0.39 is 5.91 Å². The molecule has 142 valence electrons. The number of urea groups is 1. The molecule has 2 aromatic carbocycles. The van der Waals surface area contributed by atoms with Crippen molar-refractivity contribution in [3.05, 3.63) is 72.7 Å². The molecule has 3 aromatic rings. The Kier molecular flexibility index (Phi) is 6.11. The Morgan fingerprint density at radius 3 is 2.25 bits per heavy atom. The van der Waals surface area contributed by atoms with E-state index in [0.717, 1.165) is 0 Å². The van der Waals surface area contributed by atoms with Crippen LogP contribution in [-0.4, -0.2) is 29.0 Å². The monoisotopic (exact) mass is 379 g/mol. The highest BCUT2D eigenvalue weighted by atomic mass is 16.6. The smallest absolute Gasteiger partial charge is 0.323 e. The predicted octanol–water partition coefficient (Wildman–Crippen LogP) is 3.20. The zero-order valence-corrected chi connectivity index (χ0v) is 14.9. The van der Waals surface area contributed by atoms with Gasteiger partial charge in [-0.1, -0.05) is 18.2 Å². The van der Waals surface area contributed by atoms with Gasteiger partial charge in [0.05, 0.1) is 7.11 Å². The fourth-order valence-electron chi connectivity index (χ4n) is 2.21. The fourth-order valence-corrected chi connectivity index (χ4v) is 2.21. The van der Waals surface area contributed by atoms with E-state index in [1.54, 1.807) is 36.4 Å². The van der Waals surface area contributed by atoms with Crippen molar-refractivity contribution in [2.24, 2.45) is 0 Å². The summed E-state index contributed by atoms with van der Waals surface area (Å²) in [5.74, 6) is 0.156. The molecule has 1 heterocycles. The second kappa shape index (κ2) is 9.10. The third kappa shape index (κ3) is 5.26. The number of aromatic nitrogens is 2. The van der Waals surface area contributed by atoms with Gasteiger partial charge >= 0.3 is 6.03 Å². The van der Waals surface area contributed by atoms with E-state index in [9.17, 15) is 9.59 Å². The molecule has 0 aliphatic carbocycles. The molecule has 3 N–H and O–H groups in total. The lowest BCUT2D eigenvalue weighted by Gasteiger charge is -2.09. The normalized spacial score (nSPS) is 10.0. The Morgan fingerprint density at radius 1 is 0.893 bits per heavy atom. The van der Waals surface area contributed by atoms with Gasteiger partial charge in [0.1, 0.15) is 17.8 Å². The maximum atomic E-state index is 12.0. The minimum absolute atomic E-state index is 0.0997. The Labute approximate surface area is 160 Å². The molecule has 0 aliphatic heterocycles.